The Bertz CT molecular complexity index is 1110. The smallest absolute Gasteiger partial charge is 0.394 e. The molecule has 2 aromatic carbocycles. The third-order valence-corrected chi connectivity index (χ3v) is 6.00. The third-order valence-electron chi connectivity index (χ3n) is 6.00. The monoisotopic (exact) mass is 490 g/mol. The number of benzene rings is 2. The van der Waals surface area contributed by atoms with E-state index in [-0.39, 0.29) is 57.5 Å². The maximum absolute atomic E-state index is 14.4. The van der Waals surface area contributed by atoms with Crippen molar-refractivity contribution in [3.8, 4) is 6.07 Å². The molecule has 0 amide bonds. The molecule has 6 nitrogen and oxygen atoms in total. The van der Waals surface area contributed by atoms with Gasteiger partial charge in [0, 0.05) is 36.6 Å². The van der Waals surface area contributed by atoms with E-state index in [0.717, 1.165) is 11.8 Å². The Balaban J connectivity index is 1.92. The first-order valence-corrected chi connectivity index (χ1v) is 11.6. The van der Waals surface area contributed by atoms with E-state index in [0.29, 0.717) is 17.6 Å². The van der Waals surface area contributed by atoms with Gasteiger partial charge in [-0.3, -0.25) is 4.79 Å². The normalized spacial score (nSPS) is 16.6. The van der Waals surface area contributed by atoms with Gasteiger partial charge in [-0.25, -0.2) is 0 Å². The summed E-state index contributed by atoms with van der Waals surface area (Å²) in [7, 11) is 0. The lowest BCUT2D eigenvalue weighted by Gasteiger charge is -2.43. The summed E-state index contributed by atoms with van der Waals surface area (Å²) in [4.78, 5) is 14.7. The molecule has 0 spiro atoms. The number of ketones is 1. The van der Waals surface area contributed by atoms with Crippen molar-refractivity contribution < 1.29 is 32.5 Å². The molecule has 2 aromatic rings. The number of anilines is 1. The number of halogens is 3. The van der Waals surface area contributed by atoms with Crippen LogP contribution in [0, 0.1) is 11.3 Å². The SMILES string of the molecule is CC1CCN1c1c(/C(=C(\C#N)C(=O)CCCOCCOCCO)C(F)(F)F)ccc2ccccc12. The van der Waals surface area contributed by atoms with E-state index in [4.69, 9.17) is 14.6 Å². The van der Waals surface area contributed by atoms with Gasteiger partial charge in [-0.05, 0) is 25.2 Å². The summed E-state index contributed by atoms with van der Waals surface area (Å²) in [6.07, 6.45) is -4.12. The second-order valence-electron chi connectivity index (χ2n) is 8.35. The van der Waals surface area contributed by atoms with E-state index >= 15 is 0 Å². The fraction of sp³-hybridized carbons (Fsp3) is 0.462. The van der Waals surface area contributed by atoms with Crippen molar-refractivity contribution in [1.82, 2.24) is 0 Å². The molecule has 1 fully saturated rings. The van der Waals surface area contributed by atoms with Gasteiger partial charge >= 0.3 is 6.18 Å². The molecule has 188 valence electrons. The Morgan fingerprint density at radius 1 is 1.14 bits per heavy atom. The number of hydrogen-bond acceptors (Lipinski definition) is 6. The summed E-state index contributed by atoms with van der Waals surface area (Å²) < 4.78 is 53.6. The molecule has 1 N–H and O–H groups in total. The van der Waals surface area contributed by atoms with Gasteiger partial charge in [0.2, 0.25) is 0 Å². The first-order chi connectivity index (χ1) is 16.8. The first kappa shape index (κ1) is 26.7. The molecule has 1 aliphatic heterocycles. The predicted molar refractivity (Wildman–Crippen MR) is 127 cm³/mol. The standard InChI is InChI=1S/C26H29F3N2O4/c1-18-10-11-31(18)25-20-6-3-2-5-19(20)8-9-21(25)24(26(27,28)29)22(17-30)23(33)7-4-13-34-15-16-35-14-12-32/h2-3,5-6,8-9,18,32H,4,7,10-16H2,1H3/b24-22-. The lowest BCUT2D eigenvalue weighted by Crippen LogP contribution is -2.46. The van der Waals surface area contributed by atoms with Gasteiger partial charge in [0.1, 0.15) is 11.6 Å². The number of aliphatic hydroxyl groups is 1. The number of aliphatic hydroxyl groups excluding tert-OH is 1. The maximum atomic E-state index is 14.4. The minimum absolute atomic E-state index is 0.0498. The van der Waals surface area contributed by atoms with Crippen LogP contribution in [0.4, 0.5) is 18.9 Å². The fourth-order valence-corrected chi connectivity index (χ4v) is 4.15. The number of alkyl halides is 3. The molecule has 1 aliphatic rings. The fourth-order valence-electron chi connectivity index (χ4n) is 4.15. The molecule has 1 unspecified atom stereocenters. The molecular formula is C26H29F3N2O4. The third kappa shape index (κ3) is 6.40. The second kappa shape index (κ2) is 12.2. The zero-order chi connectivity index (χ0) is 25.4. The summed E-state index contributed by atoms with van der Waals surface area (Å²) in [5.41, 5.74) is -1.82. The van der Waals surface area contributed by atoms with E-state index in [9.17, 15) is 23.2 Å². The van der Waals surface area contributed by atoms with Crippen molar-refractivity contribution in [3.05, 3.63) is 47.5 Å². The summed E-state index contributed by atoms with van der Waals surface area (Å²) in [5.74, 6) is -0.865. The molecule has 1 heterocycles. The molecule has 0 radical (unpaired) electrons. The van der Waals surface area contributed by atoms with Gasteiger partial charge in [0.25, 0.3) is 0 Å². The van der Waals surface area contributed by atoms with E-state index in [1.54, 1.807) is 24.3 Å². The lowest BCUT2D eigenvalue weighted by atomic mass is 9.89. The molecule has 0 aliphatic carbocycles. The molecule has 1 saturated heterocycles. The Morgan fingerprint density at radius 3 is 2.46 bits per heavy atom. The second-order valence-corrected chi connectivity index (χ2v) is 8.35. The van der Waals surface area contributed by atoms with Crippen LogP contribution in [0.1, 0.15) is 31.7 Å². The van der Waals surface area contributed by atoms with Crippen LogP contribution in [-0.4, -0.2) is 62.7 Å². The van der Waals surface area contributed by atoms with Crippen LogP contribution in [0.3, 0.4) is 0 Å². The Hall–Kier alpha value is -2.93. The summed E-state index contributed by atoms with van der Waals surface area (Å²) >= 11 is 0. The van der Waals surface area contributed by atoms with Crippen molar-refractivity contribution >= 4 is 27.8 Å². The van der Waals surface area contributed by atoms with Crippen LogP contribution < -0.4 is 4.90 Å². The average molecular weight is 491 g/mol. The van der Waals surface area contributed by atoms with E-state index in [1.165, 1.54) is 6.07 Å². The Labute approximate surface area is 202 Å². The van der Waals surface area contributed by atoms with E-state index in [2.05, 4.69) is 0 Å². The highest BCUT2D eigenvalue weighted by Gasteiger charge is 2.42. The van der Waals surface area contributed by atoms with E-state index in [1.807, 2.05) is 24.0 Å². The van der Waals surface area contributed by atoms with Crippen molar-refractivity contribution in [2.75, 3.05) is 44.5 Å². The number of fused-ring (bicyclic) bond motifs is 1. The zero-order valence-corrected chi connectivity index (χ0v) is 19.6. The van der Waals surface area contributed by atoms with Crippen molar-refractivity contribution in [1.29, 1.82) is 5.26 Å². The van der Waals surface area contributed by atoms with Crippen LogP contribution >= 0.6 is 0 Å². The Morgan fingerprint density at radius 2 is 1.86 bits per heavy atom. The molecule has 0 bridgehead atoms. The van der Waals surface area contributed by atoms with Crippen LogP contribution in [0.15, 0.2) is 42.0 Å². The number of nitriles is 1. The number of Topliss-reactive ketones (excluding diaryl/α,β-unsaturated/α-hetero) is 1. The first-order valence-electron chi connectivity index (χ1n) is 11.6. The number of carbonyl (C=O) groups excluding carboxylic acids is 1. The molecule has 0 saturated carbocycles. The largest absolute Gasteiger partial charge is 0.418 e. The van der Waals surface area contributed by atoms with Crippen LogP contribution in [0.2, 0.25) is 0 Å². The number of nitrogens with zero attached hydrogens (tertiary/aromatic N) is 2. The number of rotatable bonds is 12. The van der Waals surface area contributed by atoms with Crippen LogP contribution in [-0.2, 0) is 14.3 Å². The zero-order valence-electron chi connectivity index (χ0n) is 19.6. The quantitative estimate of drug-likeness (QED) is 0.265. The summed E-state index contributed by atoms with van der Waals surface area (Å²) in [6, 6.07) is 11.7. The van der Waals surface area contributed by atoms with Gasteiger partial charge in [0.05, 0.1) is 37.7 Å². The Kier molecular flexibility index (Phi) is 9.26. The maximum Gasteiger partial charge on any atom is 0.418 e. The molecular weight excluding hydrogens is 461 g/mol. The molecule has 9 heteroatoms. The van der Waals surface area contributed by atoms with Gasteiger partial charge in [0.15, 0.2) is 5.78 Å². The van der Waals surface area contributed by atoms with Gasteiger partial charge in [-0.15, -0.1) is 0 Å². The minimum Gasteiger partial charge on any atom is -0.394 e. The van der Waals surface area contributed by atoms with Gasteiger partial charge in [-0.1, -0.05) is 36.4 Å². The highest BCUT2D eigenvalue weighted by molar-refractivity contribution is 6.10. The molecule has 1 atom stereocenters. The topological polar surface area (TPSA) is 82.8 Å². The number of hydrogen-bond donors (Lipinski definition) is 1. The number of allylic oxidation sites excluding steroid dienone is 2. The van der Waals surface area contributed by atoms with Gasteiger partial charge < -0.3 is 19.5 Å². The van der Waals surface area contributed by atoms with Crippen LogP contribution in [0.5, 0.6) is 0 Å². The molecule has 35 heavy (non-hydrogen) atoms. The summed E-state index contributed by atoms with van der Waals surface area (Å²) in [6.45, 7) is 3.26. The highest BCUT2D eigenvalue weighted by atomic mass is 19.4. The molecule has 0 aromatic heterocycles. The molecule has 3 rings (SSSR count). The van der Waals surface area contributed by atoms with Crippen LogP contribution in [0.25, 0.3) is 16.3 Å². The number of carbonyl (C=O) groups is 1. The van der Waals surface area contributed by atoms with Gasteiger partial charge in [-0.2, -0.15) is 18.4 Å². The lowest BCUT2D eigenvalue weighted by molar-refractivity contribution is -0.116. The van der Waals surface area contributed by atoms with E-state index < -0.39 is 23.1 Å². The highest BCUT2D eigenvalue weighted by Crippen LogP contribution is 2.45. The van der Waals surface area contributed by atoms with Crippen molar-refractivity contribution in [3.63, 3.8) is 0 Å². The van der Waals surface area contributed by atoms with Crippen molar-refractivity contribution in [2.45, 2.75) is 38.4 Å². The number of ether oxygens (including phenoxy) is 2. The predicted octanol–water partition coefficient (Wildman–Crippen LogP) is 4.65. The average Bonchev–Trinajstić information content (AvgIpc) is 2.82. The summed E-state index contributed by atoms with van der Waals surface area (Å²) in [5, 5.41) is 19.8. The van der Waals surface area contributed by atoms with Crippen molar-refractivity contribution in [2.24, 2.45) is 0 Å². The minimum atomic E-state index is -4.90.